The lowest BCUT2D eigenvalue weighted by atomic mass is 9.97. The van der Waals surface area contributed by atoms with Gasteiger partial charge in [-0.2, -0.15) is 0 Å². The van der Waals surface area contributed by atoms with Gasteiger partial charge < -0.3 is 9.47 Å². The lowest BCUT2D eigenvalue weighted by Crippen LogP contribution is -2.26. The van der Waals surface area contributed by atoms with Crippen LogP contribution in [0.4, 0.5) is 0 Å². The molecule has 0 bridgehead atoms. The van der Waals surface area contributed by atoms with Gasteiger partial charge in [0.15, 0.2) is 0 Å². The van der Waals surface area contributed by atoms with E-state index in [-0.39, 0.29) is 36.0 Å². The van der Waals surface area contributed by atoms with Crippen LogP contribution in [-0.2, 0) is 30.0 Å². The first kappa shape index (κ1) is 15.3. The summed E-state index contributed by atoms with van der Waals surface area (Å²) in [5.74, 6) is 2.43. The molecule has 1 rings (SSSR count). The van der Waals surface area contributed by atoms with Crippen molar-refractivity contribution in [1.29, 1.82) is 0 Å². The molecule has 104 valence electrons. The average molecular weight is 275 g/mol. The lowest BCUT2D eigenvalue weighted by molar-refractivity contribution is -0.157. The van der Waals surface area contributed by atoms with Crippen molar-refractivity contribution in [3.05, 3.63) is 0 Å². The van der Waals surface area contributed by atoms with E-state index in [1.165, 1.54) is 12.8 Å². The van der Waals surface area contributed by atoms with Gasteiger partial charge >= 0.3 is 11.9 Å². The molecule has 0 spiro atoms. The number of carbonyl (C=O) groups is 2. The van der Waals surface area contributed by atoms with Gasteiger partial charge in [0.2, 0.25) is 5.75 Å². The molecule has 1 fully saturated rings. The summed E-state index contributed by atoms with van der Waals surface area (Å²) >= 11 is 0. The molecule has 5 heteroatoms. The van der Waals surface area contributed by atoms with Crippen LogP contribution >= 0.6 is 0 Å². The van der Waals surface area contributed by atoms with Crippen LogP contribution in [0.2, 0.25) is 0 Å². The van der Waals surface area contributed by atoms with Gasteiger partial charge in [-0.3, -0.25) is 4.79 Å². The Morgan fingerprint density at radius 2 is 1.61 bits per heavy atom. The molecule has 0 N–H and O–H groups in total. The van der Waals surface area contributed by atoms with E-state index in [9.17, 15) is 9.59 Å². The second-order valence-electron chi connectivity index (χ2n) is 5.48. The van der Waals surface area contributed by atoms with Crippen molar-refractivity contribution >= 4 is 22.8 Å². The predicted molar refractivity (Wildman–Crippen MR) is 72.6 cm³/mol. The minimum Gasteiger partial charge on any atom is -0.462 e. The zero-order valence-electron chi connectivity index (χ0n) is 11.5. The van der Waals surface area contributed by atoms with Crippen molar-refractivity contribution < 1.29 is 19.1 Å². The van der Waals surface area contributed by atoms with Crippen LogP contribution in [0.15, 0.2) is 0 Å². The monoisotopic (exact) mass is 275 g/mol. The van der Waals surface area contributed by atoms with Gasteiger partial charge in [0, 0.05) is 0 Å². The van der Waals surface area contributed by atoms with Gasteiger partial charge in [0.25, 0.3) is 0 Å². The van der Waals surface area contributed by atoms with E-state index >= 15 is 0 Å². The third-order valence-electron chi connectivity index (χ3n) is 2.63. The predicted octanol–water partition coefficient (Wildman–Crippen LogP) is 1.53. The topological polar surface area (TPSA) is 52.6 Å². The van der Waals surface area contributed by atoms with E-state index in [2.05, 4.69) is 0 Å². The quantitative estimate of drug-likeness (QED) is 0.434. The third-order valence-corrected chi connectivity index (χ3v) is 5.01. The van der Waals surface area contributed by atoms with Crippen LogP contribution in [0, 0.1) is 5.41 Å². The van der Waals surface area contributed by atoms with Crippen molar-refractivity contribution in [2.24, 2.45) is 5.41 Å². The maximum absolute atomic E-state index is 11.5. The molecule has 1 heterocycles. The number of ether oxygens (including phenoxy) is 2. The highest BCUT2D eigenvalue weighted by Gasteiger charge is 2.28. The van der Waals surface area contributed by atoms with Crippen molar-refractivity contribution in [1.82, 2.24) is 0 Å². The summed E-state index contributed by atoms with van der Waals surface area (Å²) in [5.41, 5.74) is -0.505. The molecule has 18 heavy (non-hydrogen) atoms. The van der Waals surface area contributed by atoms with E-state index < -0.39 is 5.41 Å². The fourth-order valence-corrected chi connectivity index (χ4v) is 3.71. The first-order chi connectivity index (χ1) is 8.39. The molecule has 0 aromatic carbocycles. The second kappa shape index (κ2) is 7.02. The molecular weight excluding hydrogens is 252 g/mol. The Bertz CT molecular complexity index is 290. The van der Waals surface area contributed by atoms with Crippen molar-refractivity contribution in [2.75, 3.05) is 30.5 Å². The highest BCUT2D eigenvalue weighted by molar-refractivity contribution is 7.97. The zero-order chi connectivity index (χ0) is 13.6. The lowest BCUT2D eigenvalue weighted by Gasteiger charge is -2.16. The fourth-order valence-electron chi connectivity index (χ4n) is 1.57. The molecule has 4 nitrogen and oxygen atoms in total. The van der Waals surface area contributed by atoms with Gasteiger partial charge in [-0.25, -0.2) is 4.79 Å². The van der Waals surface area contributed by atoms with Crippen LogP contribution in [0.1, 0.15) is 33.6 Å². The maximum Gasteiger partial charge on any atom is 0.356 e. The maximum atomic E-state index is 11.5. The normalized spacial score (nSPS) is 16.6. The number of esters is 2. The molecule has 0 aliphatic carbocycles. The average Bonchev–Trinajstić information content (AvgIpc) is 2.75. The SMILES string of the molecule is CC(C)(C)C(=O)OCCOC(=O)C[S+]1CCCC1. The summed E-state index contributed by atoms with van der Waals surface area (Å²) in [5, 5.41) is 0. The summed E-state index contributed by atoms with van der Waals surface area (Å²) < 4.78 is 10.1. The van der Waals surface area contributed by atoms with E-state index in [1.807, 2.05) is 0 Å². The van der Waals surface area contributed by atoms with Crippen LogP contribution in [0.3, 0.4) is 0 Å². The van der Waals surface area contributed by atoms with E-state index in [0.717, 1.165) is 11.5 Å². The second-order valence-corrected chi connectivity index (χ2v) is 7.81. The highest BCUT2D eigenvalue weighted by Crippen LogP contribution is 2.15. The smallest absolute Gasteiger partial charge is 0.356 e. The van der Waals surface area contributed by atoms with Crippen molar-refractivity contribution in [2.45, 2.75) is 33.6 Å². The zero-order valence-corrected chi connectivity index (χ0v) is 12.3. The molecule has 1 aliphatic rings. The molecule has 0 aromatic heterocycles. The fraction of sp³-hybridized carbons (Fsp3) is 0.846. The minimum absolute atomic E-state index is 0.148. The molecule has 0 radical (unpaired) electrons. The largest absolute Gasteiger partial charge is 0.462 e. The summed E-state index contributed by atoms with van der Waals surface area (Å²) in [6.45, 7) is 5.70. The van der Waals surface area contributed by atoms with Crippen molar-refractivity contribution in [3.63, 3.8) is 0 Å². The summed E-state index contributed by atoms with van der Waals surface area (Å²) in [6.07, 6.45) is 2.47. The number of hydrogen-bond acceptors (Lipinski definition) is 4. The molecule has 0 atom stereocenters. The van der Waals surface area contributed by atoms with Gasteiger partial charge in [-0.15, -0.1) is 0 Å². The first-order valence-electron chi connectivity index (χ1n) is 6.36. The number of carbonyl (C=O) groups excluding carboxylic acids is 2. The summed E-state index contributed by atoms with van der Waals surface area (Å²) in [4.78, 5) is 22.9. The van der Waals surface area contributed by atoms with Gasteiger partial charge in [-0.05, 0) is 44.5 Å². The number of hydrogen-bond donors (Lipinski definition) is 0. The van der Waals surface area contributed by atoms with E-state index in [0.29, 0.717) is 5.75 Å². The van der Waals surface area contributed by atoms with Crippen LogP contribution < -0.4 is 0 Å². The Morgan fingerprint density at radius 3 is 2.17 bits per heavy atom. The Labute approximate surface area is 112 Å². The van der Waals surface area contributed by atoms with Crippen molar-refractivity contribution in [3.8, 4) is 0 Å². The Balaban J connectivity index is 2.07. The molecule has 0 unspecified atom stereocenters. The molecule has 1 saturated heterocycles. The van der Waals surface area contributed by atoms with Gasteiger partial charge in [0.05, 0.1) is 5.41 Å². The minimum atomic E-state index is -0.505. The van der Waals surface area contributed by atoms with Gasteiger partial charge in [0.1, 0.15) is 24.7 Å². The molecule has 0 amide bonds. The highest BCUT2D eigenvalue weighted by atomic mass is 32.2. The molecule has 0 saturated carbocycles. The van der Waals surface area contributed by atoms with Crippen LogP contribution in [-0.4, -0.2) is 42.4 Å². The van der Waals surface area contributed by atoms with E-state index in [4.69, 9.17) is 9.47 Å². The first-order valence-corrected chi connectivity index (χ1v) is 8.10. The standard InChI is InChI=1S/C13H23O4S/c1-13(2,3)12(15)17-7-6-16-11(14)10-18-8-4-5-9-18/h4-10H2,1-3H3/q+1. The third kappa shape index (κ3) is 5.76. The molecule has 1 aliphatic heterocycles. The Kier molecular flexibility index (Phi) is 5.99. The Morgan fingerprint density at radius 1 is 1.06 bits per heavy atom. The van der Waals surface area contributed by atoms with Crippen LogP contribution in [0.25, 0.3) is 0 Å². The summed E-state index contributed by atoms with van der Waals surface area (Å²) in [7, 11) is 0.232. The number of rotatable bonds is 5. The van der Waals surface area contributed by atoms with Crippen LogP contribution in [0.5, 0.6) is 0 Å². The molecular formula is C13H23O4S+. The van der Waals surface area contributed by atoms with E-state index in [1.54, 1.807) is 20.8 Å². The summed E-state index contributed by atoms with van der Waals surface area (Å²) in [6, 6.07) is 0. The Hall–Kier alpha value is -0.710. The van der Waals surface area contributed by atoms with Gasteiger partial charge in [-0.1, -0.05) is 0 Å². The molecule has 0 aromatic rings.